The number of guanidine groups is 1. The normalized spacial score (nSPS) is 23.6. The molecule has 0 saturated heterocycles. The van der Waals surface area contributed by atoms with Gasteiger partial charge in [0.05, 0.1) is 17.9 Å². The molecular weight excluding hydrogens is 258 g/mol. The van der Waals surface area contributed by atoms with Gasteiger partial charge in [-0.25, -0.2) is 15.5 Å². The third-order valence-electron chi connectivity index (χ3n) is 2.29. The van der Waals surface area contributed by atoms with Gasteiger partial charge in [-0.2, -0.15) is 0 Å². The van der Waals surface area contributed by atoms with Crippen molar-refractivity contribution < 1.29 is 13.2 Å². The molecule has 1 aliphatic carbocycles. The van der Waals surface area contributed by atoms with Crippen molar-refractivity contribution in [2.24, 2.45) is 15.7 Å². The van der Waals surface area contributed by atoms with E-state index >= 15 is 0 Å². The summed E-state index contributed by atoms with van der Waals surface area (Å²) < 4.78 is 0. The third-order valence-corrected chi connectivity index (χ3v) is 2.29. The first-order valence-corrected chi connectivity index (χ1v) is 6.66. The van der Waals surface area contributed by atoms with Crippen LogP contribution in [0.1, 0.15) is 49.8 Å². The first-order chi connectivity index (χ1) is 9.11. The molecule has 6 N–H and O–H groups in total. The average Bonchev–Trinajstić information content (AvgIpc) is 2.72. The number of nitrogens with zero attached hydrogens (tertiary/aromatic N) is 2. The molecule has 0 aromatic heterocycles. The van der Waals surface area contributed by atoms with Crippen LogP contribution in [-0.4, -0.2) is 45.9 Å². The van der Waals surface area contributed by atoms with Gasteiger partial charge >= 0.3 is 0 Å². The van der Waals surface area contributed by atoms with E-state index in [2.05, 4.69) is 15.5 Å². The van der Waals surface area contributed by atoms with Crippen molar-refractivity contribution >= 4 is 17.9 Å². The maximum Gasteiger partial charge on any atom is 0.215 e. The van der Waals surface area contributed by atoms with E-state index in [1.165, 1.54) is 6.21 Å². The quantitative estimate of drug-likeness (QED) is 0.307. The van der Waals surface area contributed by atoms with Gasteiger partial charge in [0.2, 0.25) is 5.96 Å². The molecule has 1 rings (SSSR count). The van der Waals surface area contributed by atoms with E-state index < -0.39 is 5.60 Å². The van der Waals surface area contributed by atoms with Gasteiger partial charge in [0.25, 0.3) is 0 Å². The molecule has 0 amide bonds. The second-order valence-electron chi connectivity index (χ2n) is 5.89. The summed E-state index contributed by atoms with van der Waals surface area (Å²) in [6.45, 7) is 6.85. The Morgan fingerprint density at radius 1 is 1.45 bits per heavy atom. The fourth-order valence-corrected chi connectivity index (χ4v) is 1.58. The van der Waals surface area contributed by atoms with Crippen molar-refractivity contribution in [3.8, 4) is 0 Å². The number of rotatable bonds is 3. The maximum atomic E-state index is 8.71. The zero-order chi connectivity index (χ0) is 15.8. The SMILES string of the molecule is CC(=N)/C=N\C(N)=N[C@H]1CC[C@H](NO)C1.CC(C)(C)O.[HH].[HH]. The standard InChI is InChI=1S/C9H17N5O.C4H10O.2H2/c1-6(10)5-12-9(11)13-7-2-3-8(4-7)14-15;1-4(2,3)5;;/h5,7-8,10,14-15H,2-4H2,1H3,(H2,11,13);5H,1-3H3;2*1H/b10-6?,12-5-;;;/t7-,8-;;;/m0.../s1. The van der Waals surface area contributed by atoms with Gasteiger partial charge in [-0.3, -0.25) is 0 Å². The Hall–Kier alpha value is -1.31. The Morgan fingerprint density at radius 3 is 2.40 bits per heavy atom. The largest absolute Gasteiger partial charge is 0.391 e. The molecule has 1 aliphatic rings. The number of hydrogen-bond donors (Lipinski definition) is 5. The Labute approximate surface area is 123 Å². The molecule has 0 unspecified atom stereocenters. The lowest BCUT2D eigenvalue weighted by Crippen LogP contribution is -2.23. The molecule has 0 spiro atoms. The van der Waals surface area contributed by atoms with Crippen molar-refractivity contribution in [2.75, 3.05) is 0 Å². The molecule has 7 heteroatoms. The first-order valence-electron chi connectivity index (χ1n) is 6.66. The number of aliphatic hydroxyl groups is 1. The van der Waals surface area contributed by atoms with Crippen LogP contribution in [0.15, 0.2) is 9.98 Å². The summed E-state index contributed by atoms with van der Waals surface area (Å²) in [6, 6.07) is 0.234. The molecule has 20 heavy (non-hydrogen) atoms. The lowest BCUT2D eigenvalue weighted by molar-refractivity contribution is 0.102. The number of nitrogens with two attached hydrogens (primary N) is 1. The molecule has 0 aromatic rings. The van der Waals surface area contributed by atoms with E-state index in [1.54, 1.807) is 27.7 Å². The molecule has 7 nitrogen and oxygen atoms in total. The smallest absolute Gasteiger partial charge is 0.215 e. The molecule has 0 aromatic carbocycles. The Morgan fingerprint density at radius 2 is 2.00 bits per heavy atom. The maximum absolute atomic E-state index is 8.71. The summed E-state index contributed by atoms with van der Waals surface area (Å²) in [6.07, 6.45) is 3.94. The van der Waals surface area contributed by atoms with Gasteiger partial charge < -0.3 is 21.5 Å². The lowest BCUT2D eigenvalue weighted by Gasteiger charge is -2.05. The van der Waals surface area contributed by atoms with Crippen molar-refractivity contribution in [1.82, 2.24) is 5.48 Å². The van der Waals surface area contributed by atoms with E-state index in [0.717, 1.165) is 19.3 Å². The summed E-state index contributed by atoms with van der Waals surface area (Å²) in [5.74, 6) is 0.199. The second kappa shape index (κ2) is 8.78. The van der Waals surface area contributed by atoms with Gasteiger partial charge in [0, 0.05) is 14.6 Å². The average molecular weight is 289 g/mol. The van der Waals surface area contributed by atoms with Crippen LogP contribution < -0.4 is 11.2 Å². The molecule has 120 valence electrons. The summed E-state index contributed by atoms with van der Waals surface area (Å²) in [5, 5.41) is 24.4. The molecule has 0 radical (unpaired) electrons. The molecule has 0 aliphatic heterocycles. The highest BCUT2D eigenvalue weighted by Crippen LogP contribution is 2.21. The first kappa shape index (κ1) is 18.7. The van der Waals surface area contributed by atoms with Crippen LogP contribution in [0.4, 0.5) is 0 Å². The van der Waals surface area contributed by atoms with Crippen LogP contribution >= 0.6 is 0 Å². The molecule has 0 bridgehead atoms. The van der Waals surface area contributed by atoms with Crippen molar-refractivity contribution in [3.05, 3.63) is 0 Å². The van der Waals surface area contributed by atoms with Crippen molar-refractivity contribution in [3.63, 3.8) is 0 Å². The van der Waals surface area contributed by atoms with Crippen molar-refractivity contribution in [1.29, 1.82) is 5.41 Å². The number of hydroxylamine groups is 1. The van der Waals surface area contributed by atoms with E-state index in [9.17, 15) is 0 Å². The Bertz CT molecular complexity index is 364. The fourth-order valence-electron chi connectivity index (χ4n) is 1.58. The van der Waals surface area contributed by atoms with Crippen LogP contribution in [0, 0.1) is 5.41 Å². The minimum absolute atomic E-state index is 0. The van der Waals surface area contributed by atoms with Gasteiger partial charge in [0.1, 0.15) is 0 Å². The molecule has 0 heterocycles. The highest BCUT2D eigenvalue weighted by Gasteiger charge is 2.23. The molecule has 2 atom stereocenters. The van der Waals surface area contributed by atoms with Gasteiger partial charge in [-0.05, 0) is 47.0 Å². The molecule has 1 fully saturated rings. The number of hydrogen-bond acceptors (Lipinski definition) is 5. The van der Waals surface area contributed by atoms with E-state index in [4.69, 9.17) is 21.5 Å². The second-order valence-corrected chi connectivity index (χ2v) is 5.89. The monoisotopic (exact) mass is 289 g/mol. The number of aliphatic imine (C=N–C) groups is 2. The van der Waals surface area contributed by atoms with Crippen LogP contribution in [-0.2, 0) is 0 Å². The van der Waals surface area contributed by atoms with Crippen LogP contribution in [0.2, 0.25) is 0 Å². The van der Waals surface area contributed by atoms with Gasteiger partial charge in [0.15, 0.2) is 0 Å². The highest BCUT2D eigenvalue weighted by molar-refractivity contribution is 6.29. The predicted octanol–water partition coefficient (Wildman–Crippen LogP) is 1.58. The van der Waals surface area contributed by atoms with E-state index in [0.29, 0.717) is 5.71 Å². The lowest BCUT2D eigenvalue weighted by atomic mass is 10.2. The number of nitrogens with one attached hydrogen (secondary N) is 2. The highest BCUT2D eigenvalue weighted by atomic mass is 16.5. The summed E-state index contributed by atoms with van der Waals surface area (Å²) in [5.41, 5.74) is 7.64. The van der Waals surface area contributed by atoms with Crippen LogP contribution in [0.25, 0.3) is 0 Å². The molecular formula is C13H31N5O2. The third kappa shape index (κ3) is 11.8. The molecule has 1 saturated carbocycles. The Kier molecular flexibility index (Phi) is 8.21. The van der Waals surface area contributed by atoms with E-state index in [-0.39, 0.29) is 20.9 Å². The Balaban J connectivity index is -0.000000452. The zero-order valence-electron chi connectivity index (χ0n) is 12.7. The zero-order valence-corrected chi connectivity index (χ0v) is 12.7. The summed E-state index contributed by atoms with van der Waals surface area (Å²) in [7, 11) is 0. The topological polar surface area (TPSA) is 127 Å². The minimum Gasteiger partial charge on any atom is -0.391 e. The van der Waals surface area contributed by atoms with Crippen LogP contribution in [0.3, 0.4) is 0 Å². The van der Waals surface area contributed by atoms with Gasteiger partial charge in [-0.1, -0.05) is 0 Å². The van der Waals surface area contributed by atoms with Crippen molar-refractivity contribution in [2.45, 2.75) is 64.6 Å². The fraction of sp³-hybridized carbons (Fsp3) is 0.769. The van der Waals surface area contributed by atoms with Gasteiger partial charge in [-0.15, -0.1) is 0 Å². The summed E-state index contributed by atoms with van der Waals surface area (Å²) in [4.78, 5) is 8.03. The summed E-state index contributed by atoms with van der Waals surface area (Å²) >= 11 is 0. The predicted molar refractivity (Wildman–Crippen MR) is 86.1 cm³/mol. The van der Waals surface area contributed by atoms with E-state index in [1.807, 2.05) is 0 Å². The minimum atomic E-state index is -0.500. The van der Waals surface area contributed by atoms with Crippen LogP contribution in [0.5, 0.6) is 0 Å².